The summed E-state index contributed by atoms with van der Waals surface area (Å²) in [6, 6.07) is 13.6. The molecule has 1 saturated heterocycles. The predicted octanol–water partition coefficient (Wildman–Crippen LogP) is 3.90. The molecule has 1 atom stereocenters. The maximum absolute atomic E-state index is 12.5. The first-order chi connectivity index (χ1) is 11.5. The van der Waals surface area contributed by atoms with Gasteiger partial charge in [-0.25, -0.2) is 0 Å². The number of aryl methyl sites for hydroxylation is 2. The van der Waals surface area contributed by atoms with Crippen LogP contribution >= 0.6 is 22.6 Å². The van der Waals surface area contributed by atoms with Gasteiger partial charge >= 0.3 is 0 Å². The average Bonchev–Trinajstić information content (AvgIpc) is 2.94. The van der Waals surface area contributed by atoms with Crippen LogP contribution in [0.4, 0.5) is 11.4 Å². The molecule has 2 aromatic carbocycles. The zero-order valence-electron chi connectivity index (χ0n) is 13.7. The Morgan fingerprint density at radius 1 is 1.17 bits per heavy atom. The molecule has 1 N–H and O–H groups in total. The monoisotopic (exact) mass is 434 g/mol. The van der Waals surface area contributed by atoms with Gasteiger partial charge < -0.3 is 10.2 Å². The summed E-state index contributed by atoms with van der Waals surface area (Å²) in [5.41, 5.74) is 4.00. The van der Waals surface area contributed by atoms with Gasteiger partial charge in [-0.15, -0.1) is 0 Å². The van der Waals surface area contributed by atoms with Crippen LogP contribution in [0.25, 0.3) is 0 Å². The Morgan fingerprint density at radius 2 is 1.92 bits per heavy atom. The Hall–Kier alpha value is -1.89. The van der Waals surface area contributed by atoms with Gasteiger partial charge in [-0.2, -0.15) is 0 Å². The van der Waals surface area contributed by atoms with Crippen LogP contribution in [0.1, 0.15) is 17.5 Å². The van der Waals surface area contributed by atoms with E-state index in [0.29, 0.717) is 6.54 Å². The number of hydrogen-bond acceptors (Lipinski definition) is 2. The third kappa shape index (κ3) is 3.45. The minimum absolute atomic E-state index is 0.00108. The summed E-state index contributed by atoms with van der Waals surface area (Å²) in [5.74, 6) is -0.421. The van der Waals surface area contributed by atoms with E-state index >= 15 is 0 Å². The van der Waals surface area contributed by atoms with Crippen LogP contribution in [0.15, 0.2) is 42.5 Å². The summed E-state index contributed by atoms with van der Waals surface area (Å²) in [5, 5.41) is 2.94. The molecule has 1 aliphatic heterocycles. The molecule has 0 spiro atoms. The van der Waals surface area contributed by atoms with Crippen LogP contribution in [-0.4, -0.2) is 18.4 Å². The molecule has 0 unspecified atom stereocenters. The fourth-order valence-corrected chi connectivity index (χ4v) is 3.35. The fourth-order valence-electron chi connectivity index (χ4n) is 2.82. The van der Waals surface area contributed by atoms with E-state index in [4.69, 9.17) is 0 Å². The molecule has 5 heteroatoms. The Bertz CT molecular complexity index is 804. The summed E-state index contributed by atoms with van der Waals surface area (Å²) >= 11 is 2.19. The second kappa shape index (κ2) is 6.93. The number of nitrogens with zero attached hydrogens (tertiary/aromatic N) is 1. The molecular formula is C19H19IN2O2. The molecule has 1 aliphatic rings. The highest BCUT2D eigenvalue weighted by Crippen LogP contribution is 2.28. The molecule has 2 amide bonds. The summed E-state index contributed by atoms with van der Waals surface area (Å²) in [6.45, 7) is 4.50. The lowest BCUT2D eigenvalue weighted by Crippen LogP contribution is -2.28. The number of anilines is 2. The Kier molecular flexibility index (Phi) is 4.89. The maximum atomic E-state index is 12.5. The number of benzene rings is 2. The van der Waals surface area contributed by atoms with Crippen LogP contribution in [0.2, 0.25) is 0 Å². The third-order valence-corrected chi connectivity index (χ3v) is 5.37. The van der Waals surface area contributed by atoms with E-state index in [2.05, 4.69) is 27.9 Å². The van der Waals surface area contributed by atoms with E-state index in [9.17, 15) is 9.59 Å². The Balaban J connectivity index is 1.73. The second-order valence-electron chi connectivity index (χ2n) is 6.14. The highest BCUT2D eigenvalue weighted by atomic mass is 127. The number of nitrogens with one attached hydrogen (secondary N) is 1. The van der Waals surface area contributed by atoms with Crippen molar-refractivity contribution < 1.29 is 9.59 Å². The number of para-hydroxylation sites is 1. The molecule has 2 aromatic rings. The lowest BCUT2D eigenvalue weighted by molar-refractivity contribution is -0.122. The van der Waals surface area contributed by atoms with Gasteiger partial charge in [0.1, 0.15) is 0 Å². The van der Waals surface area contributed by atoms with Crippen molar-refractivity contribution in [3.63, 3.8) is 0 Å². The van der Waals surface area contributed by atoms with Crippen molar-refractivity contribution in [2.24, 2.45) is 5.92 Å². The fraction of sp³-hybridized carbons (Fsp3) is 0.263. The number of carbonyl (C=O) groups excluding carboxylic acids is 2. The Labute approximate surface area is 155 Å². The standard InChI is InChI=1S/C19H19IN2O2/c1-12-7-8-15(9-13(12)2)22-11-14(10-18(22)23)19(24)21-17-6-4-3-5-16(17)20/h3-9,14H,10-11H2,1-2H3,(H,21,24)/t14-/m1/s1. The predicted molar refractivity (Wildman–Crippen MR) is 104 cm³/mol. The molecule has 3 rings (SSSR count). The van der Waals surface area contributed by atoms with E-state index in [1.54, 1.807) is 4.90 Å². The largest absolute Gasteiger partial charge is 0.325 e. The molecule has 0 aliphatic carbocycles. The van der Waals surface area contributed by atoms with E-state index < -0.39 is 0 Å². The van der Waals surface area contributed by atoms with Gasteiger partial charge in [-0.3, -0.25) is 9.59 Å². The normalized spacial score (nSPS) is 17.2. The topological polar surface area (TPSA) is 49.4 Å². The summed E-state index contributed by atoms with van der Waals surface area (Å²) in [7, 11) is 0. The second-order valence-corrected chi connectivity index (χ2v) is 7.31. The first-order valence-electron chi connectivity index (χ1n) is 7.88. The lowest BCUT2D eigenvalue weighted by atomic mass is 10.1. The van der Waals surface area contributed by atoms with Gasteiger partial charge in [-0.1, -0.05) is 18.2 Å². The lowest BCUT2D eigenvalue weighted by Gasteiger charge is -2.18. The first-order valence-corrected chi connectivity index (χ1v) is 8.96. The Morgan fingerprint density at radius 3 is 2.62 bits per heavy atom. The summed E-state index contributed by atoms with van der Waals surface area (Å²) in [6.07, 6.45) is 0.252. The molecule has 124 valence electrons. The highest BCUT2D eigenvalue weighted by molar-refractivity contribution is 14.1. The molecule has 1 fully saturated rings. The molecular weight excluding hydrogens is 415 g/mol. The van der Waals surface area contributed by atoms with Gasteiger partial charge in [-0.05, 0) is 71.8 Å². The highest BCUT2D eigenvalue weighted by Gasteiger charge is 2.35. The first kappa shape index (κ1) is 17.0. The van der Waals surface area contributed by atoms with Crippen LogP contribution in [0.5, 0.6) is 0 Å². The third-order valence-electron chi connectivity index (χ3n) is 4.43. The van der Waals surface area contributed by atoms with Gasteiger partial charge in [0.05, 0.1) is 11.6 Å². The number of rotatable bonds is 3. The minimum atomic E-state index is -0.324. The van der Waals surface area contributed by atoms with Crippen molar-refractivity contribution in [1.29, 1.82) is 0 Å². The van der Waals surface area contributed by atoms with Gasteiger partial charge in [0.25, 0.3) is 0 Å². The van der Waals surface area contributed by atoms with E-state index in [1.165, 1.54) is 5.56 Å². The van der Waals surface area contributed by atoms with Gasteiger partial charge in [0, 0.05) is 22.2 Å². The summed E-state index contributed by atoms with van der Waals surface area (Å²) < 4.78 is 0.985. The number of halogens is 1. The minimum Gasteiger partial charge on any atom is -0.325 e. The molecule has 24 heavy (non-hydrogen) atoms. The van der Waals surface area contributed by atoms with Crippen LogP contribution in [0, 0.1) is 23.3 Å². The number of hydrogen-bond donors (Lipinski definition) is 1. The SMILES string of the molecule is Cc1ccc(N2C[C@H](C(=O)Nc3ccccc3I)CC2=O)cc1C. The van der Waals surface area contributed by atoms with Crippen molar-refractivity contribution in [2.75, 3.05) is 16.8 Å². The molecule has 4 nitrogen and oxygen atoms in total. The van der Waals surface area contributed by atoms with Gasteiger partial charge in [0.15, 0.2) is 0 Å². The molecule has 0 aromatic heterocycles. The van der Waals surface area contributed by atoms with Gasteiger partial charge in [0.2, 0.25) is 11.8 Å². The number of amides is 2. The zero-order valence-corrected chi connectivity index (χ0v) is 15.8. The van der Waals surface area contributed by atoms with Crippen molar-refractivity contribution in [2.45, 2.75) is 20.3 Å². The van der Waals surface area contributed by atoms with Crippen molar-refractivity contribution >= 4 is 45.8 Å². The maximum Gasteiger partial charge on any atom is 0.229 e. The molecule has 1 heterocycles. The van der Waals surface area contributed by atoms with E-state index in [0.717, 1.165) is 20.5 Å². The smallest absolute Gasteiger partial charge is 0.229 e. The van der Waals surface area contributed by atoms with E-state index in [1.807, 2.05) is 56.3 Å². The molecule has 0 bridgehead atoms. The zero-order chi connectivity index (χ0) is 17.3. The number of carbonyl (C=O) groups is 2. The van der Waals surface area contributed by atoms with Crippen LogP contribution < -0.4 is 10.2 Å². The van der Waals surface area contributed by atoms with E-state index in [-0.39, 0.29) is 24.2 Å². The van der Waals surface area contributed by atoms with Crippen molar-refractivity contribution in [3.8, 4) is 0 Å². The van der Waals surface area contributed by atoms with Crippen LogP contribution in [0.3, 0.4) is 0 Å². The van der Waals surface area contributed by atoms with Crippen molar-refractivity contribution in [3.05, 3.63) is 57.2 Å². The molecule has 0 radical (unpaired) electrons. The average molecular weight is 434 g/mol. The molecule has 0 saturated carbocycles. The van der Waals surface area contributed by atoms with Crippen molar-refractivity contribution in [1.82, 2.24) is 0 Å². The quantitative estimate of drug-likeness (QED) is 0.746. The van der Waals surface area contributed by atoms with Crippen LogP contribution in [-0.2, 0) is 9.59 Å². The summed E-state index contributed by atoms with van der Waals surface area (Å²) in [4.78, 5) is 26.6.